The molecule has 0 N–H and O–H groups in total. The first kappa shape index (κ1) is 13.5. The number of hydrogen-bond acceptors (Lipinski definition) is 3. The quantitative estimate of drug-likeness (QED) is 0.840. The van der Waals surface area contributed by atoms with Crippen molar-refractivity contribution in [1.82, 2.24) is 14.7 Å². The molecule has 0 spiro atoms. The van der Waals surface area contributed by atoms with Gasteiger partial charge in [0.15, 0.2) is 5.67 Å². The van der Waals surface area contributed by atoms with E-state index in [0.29, 0.717) is 32.5 Å². The number of hydrogen-bond donors (Lipinski definition) is 0. The van der Waals surface area contributed by atoms with Gasteiger partial charge in [-0.15, -0.1) is 0 Å². The highest BCUT2D eigenvalue weighted by molar-refractivity contribution is 5.86. The van der Waals surface area contributed by atoms with Gasteiger partial charge in [-0.3, -0.25) is 9.48 Å². The van der Waals surface area contributed by atoms with Gasteiger partial charge in [-0.2, -0.15) is 5.10 Å². The van der Waals surface area contributed by atoms with E-state index in [1.54, 1.807) is 12.0 Å². The lowest BCUT2D eigenvalue weighted by Crippen LogP contribution is -2.51. The van der Waals surface area contributed by atoms with Gasteiger partial charge in [0.2, 0.25) is 0 Å². The van der Waals surface area contributed by atoms with Gasteiger partial charge in [0, 0.05) is 44.9 Å². The smallest absolute Gasteiger partial charge is 0.260 e. The first-order valence-electron chi connectivity index (χ1n) is 7.06. The van der Waals surface area contributed by atoms with Crippen LogP contribution in [0.3, 0.4) is 0 Å². The van der Waals surface area contributed by atoms with E-state index in [4.69, 9.17) is 4.74 Å². The molecule has 2 aliphatic rings. The molecule has 20 heavy (non-hydrogen) atoms. The van der Waals surface area contributed by atoms with Crippen LogP contribution >= 0.6 is 0 Å². The summed E-state index contributed by atoms with van der Waals surface area (Å²) in [7, 11) is 3.52. The second kappa shape index (κ2) is 4.84. The lowest BCUT2D eigenvalue weighted by Gasteiger charge is -2.38. The third kappa shape index (κ3) is 2.02. The lowest BCUT2D eigenvalue weighted by atomic mass is 9.80. The summed E-state index contributed by atoms with van der Waals surface area (Å²) in [5.41, 5.74) is 1.39. The Hall–Kier alpha value is -1.43. The Bertz CT molecular complexity index is 537. The number of aromatic nitrogens is 2. The van der Waals surface area contributed by atoms with Gasteiger partial charge in [0.25, 0.3) is 5.91 Å². The van der Waals surface area contributed by atoms with Crippen molar-refractivity contribution in [3.05, 3.63) is 17.0 Å². The fraction of sp³-hybridized carbons (Fsp3) is 0.714. The summed E-state index contributed by atoms with van der Waals surface area (Å²) in [6, 6.07) is 0. The van der Waals surface area contributed by atoms with Crippen molar-refractivity contribution in [1.29, 1.82) is 0 Å². The third-order valence-electron chi connectivity index (χ3n) is 4.42. The molecule has 1 aromatic heterocycles. The number of carbonyl (C=O) groups excluding carboxylic acids is 1. The average Bonchev–Trinajstić information content (AvgIpc) is 2.72. The molecule has 0 unspecified atom stereocenters. The topological polar surface area (TPSA) is 47.4 Å². The van der Waals surface area contributed by atoms with Crippen molar-refractivity contribution in [2.24, 2.45) is 7.05 Å². The largest absolute Gasteiger partial charge is 0.378 e. The van der Waals surface area contributed by atoms with E-state index in [2.05, 4.69) is 5.10 Å². The van der Waals surface area contributed by atoms with Crippen LogP contribution in [0.1, 0.15) is 36.2 Å². The first-order valence-corrected chi connectivity index (χ1v) is 7.06. The minimum Gasteiger partial charge on any atom is -0.378 e. The Morgan fingerprint density at radius 2 is 2.25 bits per heavy atom. The summed E-state index contributed by atoms with van der Waals surface area (Å²) in [5, 5.41) is 4.43. The molecule has 0 aromatic carbocycles. The molecule has 0 radical (unpaired) electrons. The fourth-order valence-electron chi connectivity index (χ4n) is 3.08. The van der Waals surface area contributed by atoms with Crippen molar-refractivity contribution >= 4 is 5.91 Å². The average molecular weight is 281 g/mol. The van der Waals surface area contributed by atoms with Crippen LogP contribution in [-0.2, 0) is 36.2 Å². The number of fused-ring (bicyclic) bond motifs is 1. The molecule has 6 heteroatoms. The van der Waals surface area contributed by atoms with Crippen molar-refractivity contribution < 1.29 is 13.9 Å². The van der Waals surface area contributed by atoms with Crippen LogP contribution in [0.4, 0.5) is 4.39 Å². The van der Waals surface area contributed by atoms with Crippen LogP contribution in [0.2, 0.25) is 0 Å². The molecule has 0 saturated heterocycles. The summed E-state index contributed by atoms with van der Waals surface area (Å²) < 4.78 is 21.3. The Balaban J connectivity index is 1.82. The van der Waals surface area contributed by atoms with E-state index >= 15 is 0 Å². The number of methoxy groups -OCH3 is 1. The predicted molar refractivity (Wildman–Crippen MR) is 70.7 cm³/mol. The first-order chi connectivity index (χ1) is 9.55. The van der Waals surface area contributed by atoms with Gasteiger partial charge in [-0.25, -0.2) is 4.39 Å². The van der Waals surface area contributed by atoms with Crippen LogP contribution < -0.4 is 0 Å². The highest BCUT2D eigenvalue weighted by Crippen LogP contribution is 2.38. The zero-order valence-corrected chi connectivity index (χ0v) is 12.0. The molecule has 3 rings (SSSR count). The van der Waals surface area contributed by atoms with Gasteiger partial charge in [0.05, 0.1) is 12.3 Å². The zero-order chi connectivity index (χ0) is 14.3. The highest BCUT2D eigenvalue weighted by atomic mass is 19.1. The maximum Gasteiger partial charge on any atom is 0.260 e. The van der Waals surface area contributed by atoms with E-state index < -0.39 is 5.67 Å². The van der Waals surface area contributed by atoms with Gasteiger partial charge in [-0.1, -0.05) is 0 Å². The molecular weight excluding hydrogens is 261 g/mol. The number of nitrogens with zero attached hydrogens (tertiary/aromatic N) is 3. The van der Waals surface area contributed by atoms with Crippen LogP contribution in [0.5, 0.6) is 0 Å². The van der Waals surface area contributed by atoms with E-state index in [1.165, 1.54) is 0 Å². The van der Waals surface area contributed by atoms with E-state index in [1.807, 2.05) is 11.7 Å². The van der Waals surface area contributed by atoms with Gasteiger partial charge >= 0.3 is 0 Å². The minimum absolute atomic E-state index is 0.346. The second-order valence-electron chi connectivity index (χ2n) is 5.72. The molecule has 2 heterocycles. The van der Waals surface area contributed by atoms with Crippen molar-refractivity contribution in [3.8, 4) is 0 Å². The summed E-state index contributed by atoms with van der Waals surface area (Å²) >= 11 is 0. The summed E-state index contributed by atoms with van der Waals surface area (Å²) in [6.45, 7) is 1.45. The lowest BCUT2D eigenvalue weighted by molar-refractivity contribution is -0.151. The van der Waals surface area contributed by atoms with Gasteiger partial charge in [-0.05, 0) is 19.3 Å². The van der Waals surface area contributed by atoms with Gasteiger partial charge < -0.3 is 9.64 Å². The van der Waals surface area contributed by atoms with Crippen molar-refractivity contribution in [2.45, 2.75) is 44.5 Å². The number of ether oxygens (including phenoxy) is 1. The molecule has 0 atom stereocenters. The normalized spacial score (nSPS) is 20.4. The number of halogens is 1. The van der Waals surface area contributed by atoms with Crippen LogP contribution in [0.25, 0.3) is 0 Å². The second-order valence-corrected chi connectivity index (χ2v) is 5.72. The molecule has 1 saturated carbocycles. The number of aryl methyl sites for hydroxylation is 1. The molecule has 1 aromatic rings. The molecule has 1 aliphatic heterocycles. The standard InChI is InChI=1S/C14H20FN3O2/c1-17-12-4-7-18(13(19)14(15)5-3-6-14)8-10(12)11(16-17)9-20-2/h3-9H2,1-2H3. The van der Waals surface area contributed by atoms with Crippen LogP contribution in [0.15, 0.2) is 0 Å². The highest BCUT2D eigenvalue weighted by Gasteiger charge is 2.47. The monoisotopic (exact) mass is 281 g/mol. The predicted octanol–water partition coefficient (Wildman–Crippen LogP) is 1.34. The molecule has 1 aliphatic carbocycles. The van der Waals surface area contributed by atoms with Gasteiger partial charge in [0.1, 0.15) is 0 Å². The fourth-order valence-corrected chi connectivity index (χ4v) is 3.08. The number of alkyl halides is 1. The maximum absolute atomic E-state index is 14.3. The number of carbonyl (C=O) groups is 1. The Labute approximate surface area is 117 Å². The van der Waals surface area contributed by atoms with Crippen molar-refractivity contribution in [2.75, 3.05) is 13.7 Å². The molecule has 5 nitrogen and oxygen atoms in total. The van der Waals surface area contributed by atoms with E-state index in [0.717, 1.165) is 29.8 Å². The molecule has 1 fully saturated rings. The maximum atomic E-state index is 14.3. The van der Waals surface area contributed by atoms with Crippen molar-refractivity contribution in [3.63, 3.8) is 0 Å². The summed E-state index contributed by atoms with van der Waals surface area (Å²) in [6.07, 6.45) is 2.27. The summed E-state index contributed by atoms with van der Waals surface area (Å²) in [5.74, 6) is -0.346. The SMILES string of the molecule is COCc1nn(C)c2c1CN(C(=O)C1(F)CCC1)CC2. The van der Waals surface area contributed by atoms with Crippen LogP contribution in [-0.4, -0.2) is 39.9 Å². The van der Waals surface area contributed by atoms with Crippen LogP contribution in [0, 0.1) is 0 Å². The summed E-state index contributed by atoms with van der Waals surface area (Å²) in [4.78, 5) is 13.9. The molecule has 110 valence electrons. The minimum atomic E-state index is -1.61. The molecule has 0 bridgehead atoms. The Morgan fingerprint density at radius 1 is 1.50 bits per heavy atom. The number of amides is 1. The molecular formula is C14H20FN3O2. The van der Waals surface area contributed by atoms with E-state index in [-0.39, 0.29) is 5.91 Å². The zero-order valence-electron chi connectivity index (χ0n) is 12.0. The Kier molecular flexibility index (Phi) is 3.28. The third-order valence-corrected chi connectivity index (χ3v) is 4.42. The molecule has 1 amide bonds. The number of rotatable bonds is 3. The Morgan fingerprint density at radius 3 is 2.85 bits per heavy atom. The van der Waals surface area contributed by atoms with E-state index in [9.17, 15) is 9.18 Å².